The monoisotopic (exact) mass is 262 g/mol. The Bertz CT molecular complexity index is 522. The van der Waals surface area contributed by atoms with E-state index in [1.807, 2.05) is 6.07 Å². The van der Waals surface area contributed by atoms with E-state index in [4.69, 9.17) is 14.7 Å². The standard InChI is InChI=1S/C13H18N4O2/c1-9-5-10(6-14)7-17(9)8-12-15-13(16-19-12)11-3-2-4-18-11/h2-4,9-10H,5-8,14H2,1H3. The number of rotatable bonds is 4. The number of hydrogen-bond acceptors (Lipinski definition) is 6. The molecule has 6 nitrogen and oxygen atoms in total. The topological polar surface area (TPSA) is 81.3 Å². The summed E-state index contributed by atoms with van der Waals surface area (Å²) in [5.74, 6) is 2.32. The maximum absolute atomic E-state index is 5.73. The molecule has 1 aliphatic heterocycles. The molecular weight excluding hydrogens is 244 g/mol. The normalized spacial score (nSPS) is 24.1. The van der Waals surface area contributed by atoms with Crippen LogP contribution in [0.3, 0.4) is 0 Å². The minimum atomic E-state index is 0.502. The Morgan fingerprint density at radius 3 is 3.11 bits per heavy atom. The lowest BCUT2D eigenvalue weighted by atomic mass is 10.1. The van der Waals surface area contributed by atoms with Crippen molar-refractivity contribution in [2.45, 2.75) is 25.9 Å². The fourth-order valence-electron chi connectivity index (χ4n) is 2.61. The quantitative estimate of drug-likeness (QED) is 0.899. The Morgan fingerprint density at radius 2 is 2.42 bits per heavy atom. The highest BCUT2D eigenvalue weighted by Gasteiger charge is 2.29. The van der Waals surface area contributed by atoms with Crippen LogP contribution < -0.4 is 5.73 Å². The SMILES string of the molecule is CC1CC(CN)CN1Cc1nc(-c2ccco2)no1. The number of aromatic nitrogens is 2. The van der Waals surface area contributed by atoms with Crippen molar-refractivity contribution in [2.24, 2.45) is 11.7 Å². The molecule has 102 valence electrons. The van der Waals surface area contributed by atoms with Gasteiger partial charge >= 0.3 is 0 Å². The first-order chi connectivity index (χ1) is 9.26. The molecule has 0 radical (unpaired) electrons. The summed E-state index contributed by atoms with van der Waals surface area (Å²) >= 11 is 0. The third-order valence-electron chi connectivity index (χ3n) is 3.67. The van der Waals surface area contributed by atoms with Crippen LogP contribution in [-0.4, -0.2) is 34.2 Å². The highest BCUT2D eigenvalue weighted by Crippen LogP contribution is 2.24. The van der Waals surface area contributed by atoms with Crippen LogP contribution in [0.1, 0.15) is 19.2 Å². The van der Waals surface area contributed by atoms with Gasteiger partial charge in [0.2, 0.25) is 11.7 Å². The van der Waals surface area contributed by atoms with Crippen molar-refractivity contribution in [3.05, 3.63) is 24.3 Å². The zero-order chi connectivity index (χ0) is 13.2. The lowest BCUT2D eigenvalue weighted by molar-refractivity contribution is 0.218. The smallest absolute Gasteiger partial charge is 0.241 e. The third kappa shape index (κ3) is 2.54. The van der Waals surface area contributed by atoms with E-state index in [0.717, 1.165) is 19.5 Å². The van der Waals surface area contributed by atoms with Crippen LogP contribution in [0.25, 0.3) is 11.6 Å². The van der Waals surface area contributed by atoms with Gasteiger partial charge in [-0.15, -0.1) is 0 Å². The predicted octanol–water partition coefficient (Wildman–Crippen LogP) is 1.50. The van der Waals surface area contributed by atoms with Gasteiger partial charge < -0.3 is 14.7 Å². The van der Waals surface area contributed by atoms with Gasteiger partial charge in [-0.25, -0.2) is 0 Å². The second-order valence-corrected chi connectivity index (χ2v) is 5.10. The van der Waals surface area contributed by atoms with Crippen LogP contribution >= 0.6 is 0 Å². The van der Waals surface area contributed by atoms with Crippen molar-refractivity contribution in [1.82, 2.24) is 15.0 Å². The molecule has 3 heterocycles. The minimum Gasteiger partial charge on any atom is -0.461 e. The van der Waals surface area contributed by atoms with Gasteiger partial charge in [-0.05, 0) is 37.9 Å². The van der Waals surface area contributed by atoms with Gasteiger partial charge in [0.15, 0.2) is 5.76 Å². The molecule has 0 bridgehead atoms. The molecule has 1 fully saturated rings. The molecule has 1 aliphatic rings. The summed E-state index contributed by atoms with van der Waals surface area (Å²) in [5, 5.41) is 3.93. The van der Waals surface area contributed by atoms with Crippen molar-refractivity contribution in [2.75, 3.05) is 13.1 Å². The van der Waals surface area contributed by atoms with Gasteiger partial charge in [0.25, 0.3) is 0 Å². The van der Waals surface area contributed by atoms with Gasteiger partial charge in [-0.1, -0.05) is 5.16 Å². The van der Waals surface area contributed by atoms with Gasteiger partial charge in [0.1, 0.15) is 0 Å². The molecule has 0 spiro atoms. The molecule has 2 N–H and O–H groups in total. The number of furan rings is 1. The van der Waals surface area contributed by atoms with E-state index in [0.29, 0.717) is 36.0 Å². The largest absolute Gasteiger partial charge is 0.461 e. The Labute approximate surface area is 111 Å². The average molecular weight is 262 g/mol. The van der Waals surface area contributed by atoms with E-state index in [1.54, 1.807) is 12.3 Å². The lowest BCUT2D eigenvalue weighted by Gasteiger charge is -2.18. The van der Waals surface area contributed by atoms with Crippen molar-refractivity contribution < 1.29 is 8.94 Å². The maximum atomic E-state index is 5.73. The molecule has 1 saturated heterocycles. The number of nitrogens with zero attached hydrogens (tertiary/aromatic N) is 3. The fraction of sp³-hybridized carbons (Fsp3) is 0.538. The number of hydrogen-bond donors (Lipinski definition) is 1. The molecular formula is C13H18N4O2. The van der Waals surface area contributed by atoms with Gasteiger partial charge in [0.05, 0.1) is 12.8 Å². The first kappa shape index (κ1) is 12.4. The minimum absolute atomic E-state index is 0.502. The van der Waals surface area contributed by atoms with E-state index < -0.39 is 0 Å². The summed E-state index contributed by atoms with van der Waals surface area (Å²) in [7, 11) is 0. The summed E-state index contributed by atoms with van der Waals surface area (Å²) in [6, 6.07) is 4.13. The first-order valence-corrected chi connectivity index (χ1v) is 6.57. The zero-order valence-electron chi connectivity index (χ0n) is 11.0. The maximum Gasteiger partial charge on any atom is 0.241 e. The molecule has 0 aromatic carbocycles. The molecule has 0 aliphatic carbocycles. The van der Waals surface area contributed by atoms with E-state index in [-0.39, 0.29) is 0 Å². The second-order valence-electron chi connectivity index (χ2n) is 5.10. The van der Waals surface area contributed by atoms with Crippen LogP contribution in [0.2, 0.25) is 0 Å². The van der Waals surface area contributed by atoms with Gasteiger partial charge in [-0.2, -0.15) is 4.98 Å². The molecule has 2 unspecified atom stereocenters. The summed E-state index contributed by atoms with van der Waals surface area (Å²) in [5.41, 5.74) is 5.73. The van der Waals surface area contributed by atoms with E-state index in [2.05, 4.69) is 22.0 Å². The molecule has 2 aromatic rings. The molecule has 2 aromatic heterocycles. The van der Waals surface area contributed by atoms with Crippen molar-refractivity contribution in [1.29, 1.82) is 0 Å². The Kier molecular flexibility index (Phi) is 3.35. The fourth-order valence-corrected chi connectivity index (χ4v) is 2.61. The molecule has 2 atom stereocenters. The van der Waals surface area contributed by atoms with Crippen LogP contribution in [0.15, 0.2) is 27.3 Å². The Hall–Kier alpha value is -1.66. The third-order valence-corrected chi connectivity index (χ3v) is 3.67. The van der Waals surface area contributed by atoms with Gasteiger partial charge in [0, 0.05) is 12.6 Å². The molecule has 0 saturated carbocycles. The van der Waals surface area contributed by atoms with Crippen LogP contribution in [0, 0.1) is 5.92 Å². The summed E-state index contributed by atoms with van der Waals surface area (Å²) in [6.45, 7) is 4.61. The summed E-state index contributed by atoms with van der Waals surface area (Å²) < 4.78 is 10.5. The Balaban J connectivity index is 1.68. The highest BCUT2D eigenvalue weighted by atomic mass is 16.5. The molecule has 3 rings (SSSR count). The van der Waals surface area contributed by atoms with E-state index in [1.165, 1.54) is 0 Å². The summed E-state index contributed by atoms with van der Waals surface area (Å²) in [6.07, 6.45) is 2.73. The molecule has 6 heteroatoms. The molecule has 0 amide bonds. The number of nitrogens with two attached hydrogens (primary N) is 1. The Morgan fingerprint density at radius 1 is 1.53 bits per heavy atom. The van der Waals surface area contributed by atoms with Gasteiger partial charge in [-0.3, -0.25) is 4.90 Å². The van der Waals surface area contributed by atoms with E-state index in [9.17, 15) is 0 Å². The van der Waals surface area contributed by atoms with Crippen molar-refractivity contribution in [3.63, 3.8) is 0 Å². The zero-order valence-corrected chi connectivity index (χ0v) is 11.0. The average Bonchev–Trinajstić information content (AvgIpc) is 3.11. The van der Waals surface area contributed by atoms with Crippen LogP contribution in [0.5, 0.6) is 0 Å². The van der Waals surface area contributed by atoms with E-state index >= 15 is 0 Å². The van der Waals surface area contributed by atoms with Crippen molar-refractivity contribution in [3.8, 4) is 11.6 Å². The predicted molar refractivity (Wildman–Crippen MR) is 69.0 cm³/mol. The lowest BCUT2D eigenvalue weighted by Crippen LogP contribution is -2.27. The highest BCUT2D eigenvalue weighted by molar-refractivity contribution is 5.44. The first-order valence-electron chi connectivity index (χ1n) is 6.57. The molecule has 19 heavy (non-hydrogen) atoms. The van der Waals surface area contributed by atoms with Crippen LogP contribution in [-0.2, 0) is 6.54 Å². The second kappa shape index (κ2) is 5.14. The van der Waals surface area contributed by atoms with Crippen molar-refractivity contribution >= 4 is 0 Å². The number of likely N-dealkylation sites (tertiary alicyclic amines) is 1. The van der Waals surface area contributed by atoms with Crippen LogP contribution in [0.4, 0.5) is 0 Å². The summed E-state index contributed by atoms with van der Waals surface area (Å²) in [4.78, 5) is 6.69.